The van der Waals surface area contributed by atoms with Gasteiger partial charge in [-0.1, -0.05) is 41.4 Å². The summed E-state index contributed by atoms with van der Waals surface area (Å²) >= 11 is 14.1. The molecule has 0 heterocycles. The molecule has 2 aromatic carbocycles. The fraction of sp³-hybridized carbons (Fsp3) is 0. The highest BCUT2D eigenvalue weighted by atomic mass is 127. The molecule has 0 spiro atoms. The van der Waals surface area contributed by atoms with Crippen LogP contribution in [0.2, 0.25) is 10.0 Å². The largest absolute Gasteiger partial charge is 0.272 e. The van der Waals surface area contributed by atoms with Crippen LogP contribution in [-0.2, 0) is 0 Å². The van der Waals surface area contributed by atoms with Gasteiger partial charge < -0.3 is 0 Å². The minimum Gasteiger partial charge on any atom is -0.267 e. The normalized spacial score (nSPS) is 10.8. The van der Waals surface area contributed by atoms with Gasteiger partial charge in [-0.05, 0) is 46.9 Å². The number of carbonyl (C=O) groups is 1. The zero-order chi connectivity index (χ0) is 14.5. The average Bonchev–Trinajstić information content (AvgIpc) is 2.42. The lowest BCUT2D eigenvalue weighted by Crippen LogP contribution is -2.18. The van der Waals surface area contributed by atoms with Gasteiger partial charge in [-0.25, -0.2) is 5.43 Å². The van der Waals surface area contributed by atoms with Crippen molar-refractivity contribution in [3.8, 4) is 0 Å². The third-order valence-electron chi connectivity index (χ3n) is 2.48. The van der Waals surface area contributed by atoms with E-state index in [2.05, 4.69) is 33.1 Å². The molecular formula is C14H9Cl2IN2O. The summed E-state index contributed by atoms with van der Waals surface area (Å²) < 4.78 is 0.855. The minimum absolute atomic E-state index is 0.283. The van der Waals surface area contributed by atoms with Crippen LogP contribution in [0.5, 0.6) is 0 Å². The van der Waals surface area contributed by atoms with E-state index in [1.54, 1.807) is 30.3 Å². The number of benzene rings is 2. The number of hydrogen-bond acceptors (Lipinski definition) is 2. The summed E-state index contributed by atoms with van der Waals surface area (Å²) in [6.45, 7) is 0. The molecule has 0 saturated carbocycles. The first-order chi connectivity index (χ1) is 9.59. The monoisotopic (exact) mass is 418 g/mol. The van der Waals surface area contributed by atoms with Crippen molar-refractivity contribution in [2.45, 2.75) is 0 Å². The van der Waals surface area contributed by atoms with Gasteiger partial charge in [0.2, 0.25) is 0 Å². The maximum Gasteiger partial charge on any atom is 0.272 e. The first-order valence-electron chi connectivity index (χ1n) is 5.61. The lowest BCUT2D eigenvalue weighted by atomic mass is 10.2. The van der Waals surface area contributed by atoms with Crippen LogP contribution in [0, 0.1) is 3.57 Å². The van der Waals surface area contributed by atoms with Crippen molar-refractivity contribution in [3.63, 3.8) is 0 Å². The lowest BCUT2D eigenvalue weighted by Gasteiger charge is -2.03. The van der Waals surface area contributed by atoms with E-state index >= 15 is 0 Å². The second-order valence-corrected chi connectivity index (χ2v) is 5.79. The van der Waals surface area contributed by atoms with Crippen molar-refractivity contribution in [2.24, 2.45) is 5.10 Å². The molecule has 2 aromatic rings. The SMILES string of the molecule is O=C(N/N=C\c1c(Cl)cccc1Cl)c1ccccc1I. The van der Waals surface area contributed by atoms with Crippen molar-refractivity contribution >= 4 is 57.9 Å². The van der Waals surface area contributed by atoms with E-state index in [4.69, 9.17) is 23.2 Å². The number of nitrogens with one attached hydrogen (secondary N) is 1. The first kappa shape index (κ1) is 15.3. The van der Waals surface area contributed by atoms with Crippen LogP contribution in [-0.4, -0.2) is 12.1 Å². The summed E-state index contributed by atoms with van der Waals surface area (Å²) in [5.74, 6) is -0.283. The summed E-state index contributed by atoms with van der Waals surface area (Å²) in [5.41, 5.74) is 3.58. The Morgan fingerprint density at radius 1 is 1.10 bits per heavy atom. The van der Waals surface area contributed by atoms with Gasteiger partial charge in [0.25, 0.3) is 5.91 Å². The van der Waals surface area contributed by atoms with Crippen LogP contribution in [0.3, 0.4) is 0 Å². The molecule has 3 nitrogen and oxygen atoms in total. The number of rotatable bonds is 3. The van der Waals surface area contributed by atoms with Crippen LogP contribution >= 0.6 is 45.8 Å². The molecule has 0 saturated heterocycles. The van der Waals surface area contributed by atoms with E-state index in [-0.39, 0.29) is 5.91 Å². The predicted octanol–water partition coefficient (Wildman–Crippen LogP) is 4.36. The topological polar surface area (TPSA) is 41.5 Å². The van der Waals surface area contributed by atoms with E-state index in [1.165, 1.54) is 6.21 Å². The highest BCUT2D eigenvalue weighted by Gasteiger charge is 2.08. The maximum atomic E-state index is 11.9. The third kappa shape index (κ3) is 3.71. The molecule has 0 atom stereocenters. The molecule has 0 unspecified atom stereocenters. The molecule has 1 amide bonds. The Hall–Kier alpha value is -1.11. The maximum absolute atomic E-state index is 11.9. The van der Waals surface area contributed by atoms with Gasteiger partial charge in [-0.15, -0.1) is 0 Å². The fourth-order valence-electron chi connectivity index (χ4n) is 1.50. The van der Waals surface area contributed by atoms with Gasteiger partial charge in [0.05, 0.1) is 21.8 Å². The molecule has 0 aliphatic carbocycles. The summed E-state index contributed by atoms with van der Waals surface area (Å²) in [6.07, 6.45) is 1.43. The second kappa shape index (κ2) is 7.06. The molecule has 0 bridgehead atoms. The number of halogens is 3. The Kier molecular flexibility index (Phi) is 5.39. The molecule has 0 aromatic heterocycles. The first-order valence-corrected chi connectivity index (χ1v) is 7.45. The highest BCUT2D eigenvalue weighted by Crippen LogP contribution is 2.22. The minimum atomic E-state index is -0.283. The standard InChI is InChI=1S/C14H9Cl2IN2O/c15-11-5-3-6-12(16)10(11)8-18-19-14(20)9-4-1-2-7-13(9)17/h1-8H,(H,19,20)/b18-8-. The summed E-state index contributed by atoms with van der Waals surface area (Å²) in [5, 5.41) is 4.84. The van der Waals surface area contributed by atoms with Gasteiger partial charge >= 0.3 is 0 Å². The van der Waals surface area contributed by atoms with Crippen molar-refractivity contribution in [2.75, 3.05) is 0 Å². The summed E-state index contributed by atoms with van der Waals surface area (Å²) in [6, 6.07) is 12.4. The quantitative estimate of drug-likeness (QED) is 0.449. The Labute approximate surface area is 140 Å². The van der Waals surface area contributed by atoms with E-state index in [0.717, 1.165) is 3.57 Å². The number of hydrogen-bond donors (Lipinski definition) is 1. The molecule has 0 fully saturated rings. The van der Waals surface area contributed by atoms with Crippen LogP contribution in [0.1, 0.15) is 15.9 Å². The smallest absolute Gasteiger partial charge is 0.267 e. The van der Waals surface area contributed by atoms with Gasteiger partial charge in [-0.3, -0.25) is 4.79 Å². The van der Waals surface area contributed by atoms with Gasteiger partial charge in [0.1, 0.15) is 0 Å². The zero-order valence-corrected chi connectivity index (χ0v) is 13.8. The average molecular weight is 419 g/mol. The number of hydrazone groups is 1. The third-order valence-corrected chi connectivity index (χ3v) is 4.08. The van der Waals surface area contributed by atoms with Crippen molar-refractivity contribution < 1.29 is 4.79 Å². The summed E-state index contributed by atoms with van der Waals surface area (Å²) in [7, 11) is 0. The molecule has 2 rings (SSSR count). The Bertz CT molecular complexity index is 654. The van der Waals surface area contributed by atoms with Crippen molar-refractivity contribution in [1.82, 2.24) is 5.43 Å². The van der Waals surface area contributed by atoms with Gasteiger partial charge in [-0.2, -0.15) is 5.10 Å². The fourth-order valence-corrected chi connectivity index (χ4v) is 2.62. The van der Waals surface area contributed by atoms with E-state index in [9.17, 15) is 4.79 Å². The van der Waals surface area contributed by atoms with E-state index < -0.39 is 0 Å². The Morgan fingerprint density at radius 2 is 1.75 bits per heavy atom. The number of nitrogens with zero attached hydrogens (tertiary/aromatic N) is 1. The van der Waals surface area contributed by atoms with Crippen molar-refractivity contribution in [3.05, 3.63) is 67.2 Å². The second-order valence-electron chi connectivity index (χ2n) is 3.81. The molecule has 102 valence electrons. The van der Waals surface area contributed by atoms with Crippen LogP contribution < -0.4 is 5.43 Å². The highest BCUT2D eigenvalue weighted by molar-refractivity contribution is 14.1. The molecule has 0 aliphatic heterocycles. The summed E-state index contributed by atoms with van der Waals surface area (Å²) in [4.78, 5) is 11.9. The van der Waals surface area contributed by atoms with E-state index in [0.29, 0.717) is 21.2 Å². The Morgan fingerprint density at radius 3 is 2.40 bits per heavy atom. The van der Waals surface area contributed by atoms with Crippen LogP contribution in [0.25, 0.3) is 0 Å². The molecule has 0 aliphatic rings. The van der Waals surface area contributed by atoms with E-state index in [1.807, 2.05) is 12.1 Å². The molecule has 1 N–H and O–H groups in total. The van der Waals surface area contributed by atoms with Gasteiger partial charge in [0.15, 0.2) is 0 Å². The lowest BCUT2D eigenvalue weighted by molar-refractivity contribution is 0.0954. The van der Waals surface area contributed by atoms with Crippen molar-refractivity contribution in [1.29, 1.82) is 0 Å². The Balaban J connectivity index is 2.11. The molecule has 0 radical (unpaired) electrons. The van der Waals surface area contributed by atoms with Gasteiger partial charge in [0, 0.05) is 9.13 Å². The number of amides is 1. The van der Waals surface area contributed by atoms with Crippen LogP contribution in [0.4, 0.5) is 0 Å². The molecular weight excluding hydrogens is 410 g/mol. The molecule has 20 heavy (non-hydrogen) atoms. The molecule has 6 heteroatoms. The predicted molar refractivity (Wildman–Crippen MR) is 90.7 cm³/mol. The van der Waals surface area contributed by atoms with Crippen LogP contribution in [0.15, 0.2) is 47.6 Å². The zero-order valence-electron chi connectivity index (χ0n) is 10.1. The number of carbonyl (C=O) groups excluding carboxylic acids is 1.